The molecule has 0 aliphatic carbocycles. The minimum absolute atomic E-state index is 0.0123. The quantitative estimate of drug-likeness (QED) is 0.410. The van der Waals surface area contributed by atoms with E-state index in [1.807, 2.05) is 47.4 Å². The van der Waals surface area contributed by atoms with Crippen LogP contribution in [0.4, 0.5) is 0 Å². The van der Waals surface area contributed by atoms with Gasteiger partial charge in [-0.05, 0) is 48.6 Å². The second-order valence-corrected chi connectivity index (χ2v) is 9.95. The van der Waals surface area contributed by atoms with Crippen LogP contribution in [0.5, 0.6) is 17.2 Å². The van der Waals surface area contributed by atoms with Crippen molar-refractivity contribution in [2.75, 3.05) is 46.6 Å². The number of rotatable bonds is 13. The Morgan fingerprint density at radius 1 is 1.16 bits per heavy atom. The number of para-hydroxylation sites is 1. The molecule has 3 N–H and O–H groups in total. The molecule has 0 bridgehead atoms. The lowest BCUT2D eigenvalue weighted by Crippen LogP contribution is -2.45. The van der Waals surface area contributed by atoms with Gasteiger partial charge in [0, 0.05) is 38.1 Å². The molecule has 2 aliphatic heterocycles. The van der Waals surface area contributed by atoms with Gasteiger partial charge >= 0.3 is 5.97 Å². The first kappa shape index (κ1) is 27.7. The number of carbonyl (C=O) groups is 2. The molecule has 2 aromatic carbocycles. The number of fused-ring (bicyclic) bond motifs is 1. The van der Waals surface area contributed by atoms with Crippen LogP contribution in [0.2, 0.25) is 0 Å². The van der Waals surface area contributed by atoms with Crippen molar-refractivity contribution in [1.82, 2.24) is 9.80 Å². The predicted octanol–water partition coefficient (Wildman–Crippen LogP) is 3.11. The summed E-state index contributed by atoms with van der Waals surface area (Å²) in [6, 6.07) is 13.1. The number of aliphatic carboxylic acids is 1. The number of benzene rings is 2. The van der Waals surface area contributed by atoms with Gasteiger partial charge in [0.05, 0.1) is 19.6 Å². The molecule has 3 atom stereocenters. The smallest absolute Gasteiger partial charge is 0.308 e. The van der Waals surface area contributed by atoms with Gasteiger partial charge in [-0.1, -0.05) is 37.6 Å². The van der Waals surface area contributed by atoms with Gasteiger partial charge in [0.2, 0.25) is 12.7 Å². The maximum absolute atomic E-state index is 13.4. The van der Waals surface area contributed by atoms with Crippen LogP contribution >= 0.6 is 0 Å². The number of carboxylic acid groups (broad SMARTS) is 1. The van der Waals surface area contributed by atoms with Crippen LogP contribution in [-0.4, -0.2) is 79.5 Å². The molecular weight excluding hydrogens is 486 g/mol. The molecule has 4 rings (SSSR count). The van der Waals surface area contributed by atoms with E-state index in [1.165, 1.54) is 0 Å². The molecule has 2 aliphatic rings. The average molecular weight is 526 g/mol. The highest BCUT2D eigenvalue weighted by Crippen LogP contribution is 2.43. The van der Waals surface area contributed by atoms with E-state index in [0.717, 1.165) is 29.7 Å². The molecule has 9 heteroatoms. The zero-order chi connectivity index (χ0) is 27.1. The molecule has 2 aromatic rings. The summed E-state index contributed by atoms with van der Waals surface area (Å²) < 4.78 is 16.6. The zero-order valence-corrected chi connectivity index (χ0v) is 22.3. The number of hydrogen-bond donors (Lipinski definition) is 2. The van der Waals surface area contributed by atoms with E-state index in [-0.39, 0.29) is 31.2 Å². The number of amides is 1. The number of nitrogens with two attached hydrogens (primary N) is 1. The summed E-state index contributed by atoms with van der Waals surface area (Å²) in [6.07, 6.45) is 3.10. The van der Waals surface area contributed by atoms with Crippen molar-refractivity contribution >= 4 is 11.9 Å². The Kier molecular flexibility index (Phi) is 9.47. The molecule has 1 saturated heterocycles. The molecule has 0 saturated carbocycles. The average Bonchev–Trinajstić information content (AvgIpc) is 3.54. The van der Waals surface area contributed by atoms with Crippen molar-refractivity contribution in [2.24, 2.45) is 11.7 Å². The van der Waals surface area contributed by atoms with Crippen molar-refractivity contribution in [1.29, 1.82) is 0 Å². The maximum atomic E-state index is 13.4. The lowest BCUT2D eigenvalue weighted by Gasteiger charge is -2.29. The van der Waals surface area contributed by atoms with Gasteiger partial charge in [-0.3, -0.25) is 14.5 Å². The molecule has 9 nitrogen and oxygen atoms in total. The van der Waals surface area contributed by atoms with E-state index >= 15 is 0 Å². The molecule has 2 heterocycles. The number of aryl methyl sites for hydroxylation is 1. The fraction of sp³-hybridized carbons (Fsp3) is 0.517. The number of hydrogen-bond acceptors (Lipinski definition) is 7. The molecule has 0 radical (unpaired) electrons. The van der Waals surface area contributed by atoms with Crippen molar-refractivity contribution in [3.05, 3.63) is 53.6 Å². The first-order chi connectivity index (χ1) is 18.5. The predicted molar refractivity (Wildman–Crippen MR) is 144 cm³/mol. The maximum Gasteiger partial charge on any atom is 0.308 e. The van der Waals surface area contributed by atoms with Gasteiger partial charge in [-0.2, -0.15) is 0 Å². The normalized spacial score (nSPS) is 20.4. The molecule has 0 aromatic heterocycles. The van der Waals surface area contributed by atoms with Crippen LogP contribution in [-0.2, 0) is 16.0 Å². The fourth-order valence-corrected chi connectivity index (χ4v) is 5.69. The Bertz CT molecular complexity index is 1110. The van der Waals surface area contributed by atoms with Crippen molar-refractivity contribution in [2.45, 2.75) is 44.6 Å². The number of likely N-dealkylation sites (tertiary alicyclic amines) is 1. The number of ether oxygens (including phenoxy) is 3. The molecule has 1 amide bonds. The van der Waals surface area contributed by atoms with Crippen LogP contribution in [0, 0.1) is 5.92 Å². The standard InChI is InChI=1S/C29H39N3O6/c1-3-4-14-31(15-13-30)27(33)18-32-17-22(21-10-12-25-26(16-21)38-19-37-25)28(29(34)35)23(32)11-9-20-7-5-6-8-24(20)36-2/h5-8,10,12,16,22-23,28H,3-4,9,11,13-15,17-19,30H2,1-2H3,(H,34,35)/t22-,23+,28-/m1/s1. The van der Waals surface area contributed by atoms with Gasteiger partial charge in [0.1, 0.15) is 5.75 Å². The highest BCUT2D eigenvalue weighted by molar-refractivity contribution is 5.79. The van der Waals surface area contributed by atoms with Gasteiger partial charge in [0.15, 0.2) is 11.5 Å². The van der Waals surface area contributed by atoms with Crippen molar-refractivity contribution in [3.8, 4) is 17.2 Å². The first-order valence-electron chi connectivity index (χ1n) is 13.4. The Labute approximate surface area is 224 Å². The Hall–Kier alpha value is -3.30. The van der Waals surface area contributed by atoms with Crippen LogP contribution in [0.25, 0.3) is 0 Å². The molecular formula is C29H39N3O6. The third-order valence-corrected chi connectivity index (χ3v) is 7.63. The van der Waals surface area contributed by atoms with Gasteiger partial charge in [-0.15, -0.1) is 0 Å². The number of carbonyl (C=O) groups excluding carboxylic acids is 1. The monoisotopic (exact) mass is 525 g/mol. The highest BCUT2D eigenvalue weighted by Gasteiger charge is 2.47. The minimum Gasteiger partial charge on any atom is -0.496 e. The van der Waals surface area contributed by atoms with E-state index in [2.05, 4.69) is 11.8 Å². The molecule has 38 heavy (non-hydrogen) atoms. The van der Waals surface area contributed by atoms with E-state index in [0.29, 0.717) is 50.5 Å². The first-order valence-corrected chi connectivity index (χ1v) is 13.4. The lowest BCUT2D eigenvalue weighted by molar-refractivity contribution is -0.143. The largest absolute Gasteiger partial charge is 0.496 e. The molecule has 0 spiro atoms. The number of nitrogens with zero attached hydrogens (tertiary/aromatic N) is 2. The van der Waals surface area contributed by atoms with Crippen molar-refractivity contribution < 1.29 is 28.9 Å². The van der Waals surface area contributed by atoms with E-state index < -0.39 is 11.9 Å². The van der Waals surface area contributed by atoms with Crippen LogP contribution < -0.4 is 19.9 Å². The van der Waals surface area contributed by atoms with Crippen LogP contribution in [0.15, 0.2) is 42.5 Å². The third kappa shape index (κ3) is 6.22. The number of carboxylic acids is 1. The Balaban J connectivity index is 1.62. The number of methoxy groups -OCH3 is 1. The third-order valence-electron chi connectivity index (χ3n) is 7.63. The summed E-state index contributed by atoms with van der Waals surface area (Å²) in [5, 5.41) is 10.4. The zero-order valence-electron chi connectivity index (χ0n) is 22.3. The lowest BCUT2D eigenvalue weighted by atomic mass is 9.83. The van der Waals surface area contributed by atoms with Gasteiger partial charge in [-0.25, -0.2) is 0 Å². The van der Waals surface area contributed by atoms with E-state index in [9.17, 15) is 14.7 Å². The molecule has 0 unspecified atom stereocenters. The van der Waals surface area contributed by atoms with Crippen LogP contribution in [0.3, 0.4) is 0 Å². The Morgan fingerprint density at radius 2 is 1.95 bits per heavy atom. The fourth-order valence-electron chi connectivity index (χ4n) is 5.69. The summed E-state index contributed by atoms with van der Waals surface area (Å²) in [4.78, 5) is 30.0. The van der Waals surface area contributed by atoms with Crippen molar-refractivity contribution in [3.63, 3.8) is 0 Å². The number of unbranched alkanes of at least 4 members (excludes halogenated alkanes) is 1. The van der Waals surface area contributed by atoms with E-state index in [4.69, 9.17) is 19.9 Å². The van der Waals surface area contributed by atoms with Gasteiger partial charge in [0.25, 0.3) is 0 Å². The Morgan fingerprint density at radius 3 is 2.68 bits per heavy atom. The van der Waals surface area contributed by atoms with Crippen LogP contribution in [0.1, 0.15) is 43.2 Å². The summed E-state index contributed by atoms with van der Waals surface area (Å²) in [5.41, 5.74) is 7.70. The summed E-state index contributed by atoms with van der Waals surface area (Å²) >= 11 is 0. The van der Waals surface area contributed by atoms with Gasteiger partial charge < -0.3 is 30.0 Å². The topological polar surface area (TPSA) is 115 Å². The second-order valence-electron chi connectivity index (χ2n) is 9.95. The second kappa shape index (κ2) is 13.0. The highest BCUT2D eigenvalue weighted by atomic mass is 16.7. The minimum atomic E-state index is -0.863. The molecule has 1 fully saturated rings. The summed E-state index contributed by atoms with van der Waals surface area (Å²) in [7, 11) is 1.64. The summed E-state index contributed by atoms with van der Waals surface area (Å²) in [6.45, 7) is 4.40. The molecule has 206 valence electrons. The van der Waals surface area contributed by atoms with E-state index in [1.54, 1.807) is 7.11 Å². The SMILES string of the molecule is CCCCN(CCN)C(=O)CN1C[C@H](c2ccc3c(c2)OCO3)[C@@H](C(=O)O)[C@@H]1CCc1ccccc1OC. The summed E-state index contributed by atoms with van der Waals surface area (Å²) in [5.74, 6) is 0.208.